The third-order valence-electron chi connectivity index (χ3n) is 12.2. The lowest BCUT2D eigenvalue weighted by atomic mass is 9.98. The van der Waals surface area contributed by atoms with Crippen LogP contribution in [0.3, 0.4) is 0 Å². The van der Waals surface area contributed by atoms with Gasteiger partial charge in [-0.05, 0) is 83.5 Å². The number of esters is 3. The molecule has 12 heteroatoms. The quantitative estimate of drug-likeness (QED) is 0.0228. The van der Waals surface area contributed by atoms with Gasteiger partial charge in [-0.15, -0.1) is 0 Å². The number of ether oxygens (including phenoxy) is 5. The highest BCUT2D eigenvalue weighted by molar-refractivity contribution is 5.74. The van der Waals surface area contributed by atoms with Gasteiger partial charge in [-0.2, -0.15) is 0 Å². The number of carboxylic acid groups (broad SMARTS) is 1. The van der Waals surface area contributed by atoms with E-state index in [4.69, 9.17) is 23.7 Å². The number of aliphatic carboxylic acids is 1. The molecule has 0 radical (unpaired) electrons. The van der Waals surface area contributed by atoms with Crippen LogP contribution in [0.4, 0.5) is 0 Å². The van der Waals surface area contributed by atoms with Gasteiger partial charge in [0, 0.05) is 19.3 Å². The molecule has 12 nitrogen and oxygen atoms in total. The zero-order chi connectivity index (χ0) is 51.8. The number of hydrogen-bond acceptors (Lipinski definition) is 11. The molecule has 1 aliphatic heterocycles. The van der Waals surface area contributed by atoms with Gasteiger partial charge in [0.05, 0.1) is 6.61 Å². The first-order valence-corrected chi connectivity index (χ1v) is 27.9. The minimum absolute atomic E-state index is 0.0565. The molecule has 406 valence electrons. The van der Waals surface area contributed by atoms with E-state index in [9.17, 15) is 34.5 Å². The molecule has 6 atom stereocenters. The number of carbonyl (C=O) groups is 4. The summed E-state index contributed by atoms with van der Waals surface area (Å²) in [7, 11) is 0. The van der Waals surface area contributed by atoms with Gasteiger partial charge in [-0.1, -0.05) is 196 Å². The first kappa shape index (κ1) is 65.2. The molecule has 1 fully saturated rings. The van der Waals surface area contributed by atoms with Crippen molar-refractivity contribution in [2.24, 2.45) is 0 Å². The number of carbonyl (C=O) groups excluding carboxylic acids is 3. The Bertz CT molecular complexity index is 1510. The van der Waals surface area contributed by atoms with E-state index in [1.54, 1.807) is 0 Å². The number of hydrogen-bond donors (Lipinski definition) is 3. The molecular formula is C59H98O12. The Morgan fingerprint density at radius 1 is 0.479 bits per heavy atom. The van der Waals surface area contributed by atoms with Crippen molar-refractivity contribution in [3.63, 3.8) is 0 Å². The lowest BCUT2D eigenvalue weighted by Gasteiger charge is -2.40. The second-order valence-corrected chi connectivity index (χ2v) is 18.8. The third-order valence-corrected chi connectivity index (χ3v) is 12.2. The SMILES string of the molecule is CC/C=C\C/C=C\C/C=C\C/C=C\CCCCCCC(=O)OCC(COC1OC(C(=O)O)C(O)C(O)C1OC(=O)CCCCCCCCCCCCC)OC(=O)CCCCCCC/C=C\C/C=C\CCC. The molecule has 1 aliphatic rings. The number of unbranched alkanes of at least 4 members (excludes halogenated alkanes) is 20. The van der Waals surface area contributed by atoms with Gasteiger partial charge in [0.1, 0.15) is 18.8 Å². The van der Waals surface area contributed by atoms with Crippen LogP contribution in [-0.4, -0.2) is 89.2 Å². The third kappa shape index (κ3) is 37.6. The van der Waals surface area contributed by atoms with Crippen LogP contribution < -0.4 is 0 Å². The van der Waals surface area contributed by atoms with Crippen LogP contribution in [0.1, 0.15) is 226 Å². The molecule has 0 aromatic heterocycles. The van der Waals surface area contributed by atoms with Crippen molar-refractivity contribution in [3.8, 4) is 0 Å². The Morgan fingerprint density at radius 2 is 0.915 bits per heavy atom. The Hall–Kier alpha value is -3.84. The van der Waals surface area contributed by atoms with E-state index in [1.165, 1.54) is 38.5 Å². The monoisotopic (exact) mass is 999 g/mol. The number of rotatable bonds is 46. The molecule has 3 N–H and O–H groups in total. The summed E-state index contributed by atoms with van der Waals surface area (Å²) in [6.07, 6.45) is 46.0. The van der Waals surface area contributed by atoms with Crippen LogP contribution in [0.5, 0.6) is 0 Å². The smallest absolute Gasteiger partial charge is 0.335 e. The number of allylic oxidation sites excluding steroid dienone is 12. The van der Waals surface area contributed by atoms with Crippen molar-refractivity contribution >= 4 is 23.9 Å². The average molecular weight is 999 g/mol. The fourth-order valence-corrected chi connectivity index (χ4v) is 7.98. The molecule has 0 bridgehead atoms. The van der Waals surface area contributed by atoms with Crippen LogP contribution in [0, 0.1) is 0 Å². The minimum atomic E-state index is -1.91. The summed E-state index contributed by atoms with van der Waals surface area (Å²) in [5, 5.41) is 31.4. The van der Waals surface area contributed by atoms with Crippen LogP contribution >= 0.6 is 0 Å². The van der Waals surface area contributed by atoms with Crippen LogP contribution in [0.25, 0.3) is 0 Å². The van der Waals surface area contributed by atoms with E-state index < -0.39 is 67.3 Å². The number of aliphatic hydroxyl groups is 2. The zero-order valence-corrected chi connectivity index (χ0v) is 44.4. The van der Waals surface area contributed by atoms with Gasteiger partial charge in [0.15, 0.2) is 24.6 Å². The van der Waals surface area contributed by atoms with E-state index in [-0.39, 0.29) is 25.9 Å². The van der Waals surface area contributed by atoms with Crippen LogP contribution in [0.2, 0.25) is 0 Å². The topological polar surface area (TPSA) is 175 Å². The highest BCUT2D eigenvalue weighted by Crippen LogP contribution is 2.26. The van der Waals surface area contributed by atoms with Gasteiger partial charge < -0.3 is 39.0 Å². The van der Waals surface area contributed by atoms with Gasteiger partial charge in [0.25, 0.3) is 0 Å². The largest absolute Gasteiger partial charge is 0.479 e. The molecule has 0 aromatic rings. The van der Waals surface area contributed by atoms with Crippen molar-refractivity contribution < 1.29 is 58.2 Å². The molecule has 0 spiro atoms. The van der Waals surface area contributed by atoms with E-state index in [1.807, 2.05) is 0 Å². The van der Waals surface area contributed by atoms with Crippen molar-refractivity contribution in [1.82, 2.24) is 0 Å². The Balaban J connectivity index is 2.73. The van der Waals surface area contributed by atoms with Crippen molar-refractivity contribution in [3.05, 3.63) is 72.9 Å². The van der Waals surface area contributed by atoms with E-state index >= 15 is 0 Å². The molecule has 71 heavy (non-hydrogen) atoms. The number of aliphatic hydroxyl groups excluding tert-OH is 2. The van der Waals surface area contributed by atoms with Crippen LogP contribution in [0.15, 0.2) is 72.9 Å². The lowest BCUT2D eigenvalue weighted by molar-refractivity contribution is -0.301. The standard InChI is InChI=1S/C59H98O12/c1-4-7-10-13-16-19-22-24-25-26-27-29-31-33-36-39-42-45-51(60)67-48-50(69-52(61)46-43-40-37-35-32-28-23-20-17-14-11-8-5-2)49-68-59-57(55(64)54(63)56(71-59)58(65)66)70-53(62)47-44-41-38-34-30-21-18-15-12-9-6-3/h7,10-11,14,16,19-20,23-25,27,29,50,54-57,59,63-64H,4-6,8-9,12-13,15,17-18,21-22,26,28,30-49H2,1-3H3,(H,65,66)/b10-7-,14-11-,19-16-,23-20-,25-24-,29-27-. The summed E-state index contributed by atoms with van der Waals surface area (Å²) in [6.45, 7) is 5.75. The second kappa shape index (κ2) is 47.2. The van der Waals surface area contributed by atoms with E-state index in [0.29, 0.717) is 19.3 Å². The predicted molar refractivity (Wildman–Crippen MR) is 285 cm³/mol. The van der Waals surface area contributed by atoms with E-state index in [2.05, 4.69) is 93.7 Å². The van der Waals surface area contributed by atoms with Crippen molar-refractivity contribution in [2.75, 3.05) is 13.2 Å². The Kier molecular flexibility index (Phi) is 43.3. The Morgan fingerprint density at radius 3 is 1.41 bits per heavy atom. The molecule has 1 saturated heterocycles. The van der Waals surface area contributed by atoms with Gasteiger partial charge in [0.2, 0.25) is 0 Å². The number of carboxylic acids is 1. The fourth-order valence-electron chi connectivity index (χ4n) is 7.98. The summed E-state index contributed by atoms with van der Waals surface area (Å²) < 4.78 is 28.3. The first-order chi connectivity index (χ1) is 34.6. The summed E-state index contributed by atoms with van der Waals surface area (Å²) in [4.78, 5) is 50.9. The maximum absolute atomic E-state index is 13.1. The van der Waals surface area contributed by atoms with E-state index in [0.717, 1.165) is 128 Å². The fraction of sp³-hybridized carbons (Fsp3) is 0.729. The highest BCUT2D eigenvalue weighted by atomic mass is 16.7. The first-order valence-electron chi connectivity index (χ1n) is 27.9. The normalized spacial score (nSPS) is 19.0. The molecule has 6 unspecified atom stereocenters. The molecule has 1 rings (SSSR count). The molecular weight excluding hydrogens is 901 g/mol. The van der Waals surface area contributed by atoms with Crippen molar-refractivity contribution in [1.29, 1.82) is 0 Å². The maximum atomic E-state index is 13.1. The highest BCUT2D eigenvalue weighted by Gasteiger charge is 2.50. The van der Waals surface area contributed by atoms with Crippen molar-refractivity contribution in [2.45, 2.75) is 263 Å². The Labute approximate surface area is 429 Å². The van der Waals surface area contributed by atoms with Gasteiger partial charge in [-0.3, -0.25) is 14.4 Å². The molecule has 0 saturated carbocycles. The minimum Gasteiger partial charge on any atom is -0.479 e. The molecule has 0 aliphatic carbocycles. The lowest BCUT2D eigenvalue weighted by Crippen LogP contribution is -2.61. The second-order valence-electron chi connectivity index (χ2n) is 18.8. The summed E-state index contributed by atoms with van der Waals surface area (Å²) in [6, 6.07) is 0. The predicted octanol–water partition coefficient (Wildman–Crippen LogP) is 13.8. The average Bonchev–Trinajstić information content (AvgIpc) is 3.35. The molecule has 1 heterocycles. The zero-order valence-electron chi connectivity index (χ0n) is 44.4. The summed E-state index contributed by atoms with van der Waals surface area (Å²) in [5.74, 6) is -3.17. The molecule has 0 amide bonds. The van der Waals surface area contributed by atoms with Crippen LogP contribution in [-0.2, 0) is 42.9 Å². The van der Waals surface area contributed by atoms with Gasteiger partial charge >= 0.3 is 23.9 Å². The summed E-state index contributed by atoms with van der Waals surface area (Å²) >= 11 is 0. The summed E-state index contributed by atoms with van der Waals surface area (Å²) in [5.41, 5.74) is 0. The maximum Gasteiger partial charge on any atom is 0.335 e. The molecule has 0 aromatic carbocycles. The van der Waals surface area contributed by atoms with Gasteiger partial charge in [-0.25, -0.2) is 4.79 Å².